The van der Waals surface area contributed by atoms with Crippen molar-refractivity contribution < 1.29 is 26.7 Å². The Morgan fingerprint density at radius 2 is 1.76 bits per heavy atom. The topological polar surface area (TPSA) is 126 Å². The van der Waals surface area contributed by atoms with Gasteiger partial charge >= 0.3 is 0 Å². The number of anilines is 1. The van der Waals surface area contributed by atoms with Gasteiger partial charge in [0.15, 0.2) is 11.7 Å². The molecule has 0 aliphatic rings. The number of ether oxygens (including phenoxy) is 2. The molecule has 0 saturated carbocycles. The number of furan rings is 1. The van der Waals surface area contributed by atoms with E-state index in [1.807, 2.05) is 0 Å². The van der Waals surface area contributed by atoms with Crippen molar-refractivity contribution in [2.45, 2.75) is 32.6 Å². The van der Waals surface area contributed by atoms with Gasteiger partial charge in [-0.1, -0.05) is 25.7 Å². The van der Waals surface area contributed by atoms with Crippen LogP contribution in [0.4, 0.5) is 5.95 Å². The van der Waals surface area contributed by atoms with Crippen molar-refractivity contribution in [1.82, 2.24) is 19.7 Å². The van der Waals surface area contributed by atoms with Crippen molar-refractivity contribution >= 4 is 30.1 Å². The van der Waals surface area contributed by atoms with Crippen molar-refractivity contribution in [1.29, 1.82) is 0 Å². The average Bonchev–Trinajstić information content (AvgIpc) is 3.62. The molecule has 0 radical (unpaired) electrons. The molecule has 0 aliphatic carbocycles. The maximum atomic E-state index is 13.8. The molecule has 4 aromatic rings. The van der Waals surface area contributed by atoms with Gasteiger partial charge in [-0.3, -0.25) is 4.57 Å². The zero-order valence-corrected chi connectivity index (χ0v) is 24.0. The lowest BCUT2D eigenvalue weighted by Gasteiger charge is -2.26. The summed E-state index contributed by atoms with van der Waals surface area (Å²) in [4.78, 5) is 4.17. The number of oxazole rings is 1. The van der Waals surface area contributed by atoms with E-state index < -0.39 is 18.1 Å². The zero-order valence-electron chi connectivity index (χ0n) is 22.2. The minimum absolute atomic E-state index is 0.0680. The molecule has 202 valence electrons. The third kappa shape index (κ3) is 5.83. The molecule has 0 spiro atoms. The highest BCUT2D eigenvalue weighted by molar-refractivity contribution is 7.95. The Kier molecular flexibility index (Phi) is 7.78. The van der Waals surface area contributed by atoms with Gasteiger partial charge in [-0.2, -0.15) is 0 Å². The number of nitrogens with zero attached hydrogens (tertiary/aromatic N) is 5. The monoisotopic (exact) mass is 557 g/mol. The normalized spacial score (nSPS) is 12.3. The Morgan fingerprint density at radius 1 is 1.05 bits per heavy atom. The van der Waals surface area contributed by atoms with Crippen LogP contribution in [0.2, 0.25) is 25.7 Å². The van der Waals surface area contributed by atoms with Gasteiger partial charge < -0.3 is 18.3 Å². The fourth-order valence-electron chi connectivity index (χ4n) is 3.72. The van der Waals surface area contributed by atoms with E-state index in [-0.39, 0.29) is 18.3 Å². The van der Waals surface area contributed by atoms with Gasteiger partial charge in [0.2, 0.25) is 11.8 Å². The summed E-state index contributed by atoms with van der Waals surface area (Å²) in [7, 11) is -2.68. The van der Waals surface area contributed by atoms with Crippen LogP contribution in [0.25, 0.3) is 23.3 Å². The fourth-order valence-corrected chi connectivity index (χ4v) is 5.93. The number of aromatic nitrogens is 4. The first-order valence-electron chi connectivity index (χ1n) is 11.9. The predicted molar refractivity (Wildman–Crippen MR) is 147 cm³/mol. The van der Waals surface area contributed by atoms with Crippen molar-refractivity contribution in [2.24, 2.45) is 0 Å². The summed E-state index contributed by atoms with van der Waals surface area (Å²) in [6.45, 7) is 8.40. The second kappa shape index (κ2) is 10.9. The van der Waals surface area contributed by atoms with Gasteiger partial charge in [-0.15, -0.1) is 10.2 Å². The molecule has 0 saturated heterocycles. The first-order valence-corrected chi connectivity index (χ1v) is 17.1. The molecule has 11 nitrogen and oxygen atoms in total. The van der Waals surface area contributed by atoms with Crippen molar-refractivity contribution in [2.75, 3.05) is 25.1 Å². The predicted octanol–water partition coefficient (Wildman–Crippen LogP) is 4.99. The second-order valence-corrected chi connectivity index (χ2v) is 17.0. The van der Waals surface area contributed by atoms with E-state index in [2.05, 4.69) is 34.8 Å². The van der Waals surface area contributed by atoms with E-state index in [1.54, 1.807) is 41.8 Å². The molecule has 0 unspecified atom stereocenters. The maximum absolute atomic E-state index is 13.8. The molecule has 38 heavy (non-hydrogen) atoms. The third-order valence-corrected chi connectivity index (χ3v) is 8.82. The van der Waals surface area contributed by atoms with Crippen LogP contribution in [0.3, 0.4) is 0 Å². The number of para-hydroxylation sites is 1. The number of sulfonamides is 1. The van der Waals surface area contributed by atoms with E-state index in [0.717, 1.165) is 5.41 Å². The first kappa shape index (κ1) is 27.2. The van der Waals surface area contributed by atoms with Crippen LogP contribution in [-0.4, -0.2) is 57.0 Å². The minimum atomic E-state index is -4.05. The Hall–Kier alpha value is -3.84. The first-order chi connectivity index (χ1) is 18.0. The Bertz CT molecular complexity index is 1500. The number of methoxy groups -OCH3 is 2. The highest BCUT2D eigenvalue weighted by Crippen LogP contribution is 2.39. The van der Waals surface area contributed by atoms with Crippen LogP contribution in [-0.2, 0) is 10.0 Å². The average molecular weight is 558 g/mol. The number of aryl methyl sites for hydroxylation is 1. The summed E-state index contributed by atoms with van der Waals surface area (Å²) in [5, 5.41) is 9.81. The van der Waals surface area contributed by atoms with Gasteiger partial charge in [0, 0.05) is 21.5 Å². The van der Waals surface area contributed by atoms with E-state index in [1.165, 1.54) is 37.1 Å². The molecular formula is C25H31N5O6SSi. The molecule has 1 aromatic carbocycles. The lowest BCUT2D eigenvalue weighted by atomic mass is 10.2. The van der Waals surface area contributed by atoms with E-state index >= 15 is 0 Å². The van der Waals surface area contributed by atoms with Gasteiger partial charge in [0.25, 0.3) is 10.0 Å². The molecule has 0 amide bonds. The molecule has 0 bridgehead atoms. The maximum Gasteiger partial charge on any atom is 0.259 e. The Morgan fingerprint density at radius 3 is 2.32 bits per heavy atom. The minimum Gasteiger partial charge on any atom is -0.494 e. The number of benzene rings is 1. The van der Waals surface area contributed by atoms with Crippen molar-refractivity contribution in [3.63, 3.8) is 0 Å². The molecule has 13 heteroatoms. The van der Waals surface area contributed by atoms with Crippen LogP contribution in [0.5, 0.6) is 11.5 Å². The van der Waals surface area contributed by atoms with Gasteiger partial charge in [0.1, 0.15) is 29.1 Å². The van der Waals surface area contributed by atoms with Crippen molar-refractivity contribution in [3.8, 4) is 28.8 Å². The molecular weight excluding hydrogens is 526 g/mol. The number of hydrogen-bond acceptors (Lipinski definition) is 9. The quantitative estimate of drug-likeness (QED) is 0.235. The molecule has 4 rings (SSSR count). The smallest absolute Gasteiger partial charge is 0.259 e. The second-order valence-electron chi connectivity index (χ2n) is 9.67. The van der Waals surface area contributed by atoms with Gasteiger partial charge in [-0.25, -0.2) is 17.7 Å². The van der Waals surface area contributed by atoms with Gasteiger partial charge in [0.05, 0.1) is 25.9 Å². The summed E-state index contributed by atoms with van der Waals surface area (Å²) < 4.78 is 52.7. The van der Waals surface area contributed by atoms with E-state index in [4.69, 9.17) is 18.3 Å². The summed E-state index contributed by atoms with van der Waals surface area (Å²) in [6.07, 6.45) is 4.30. The molecule has 3 heterocycles. The molecule has 0 atom stereocenters. The fraction of sp³-hybridized carbons (Fsp3) is 0.320. The molecule has 0 fully saturated rings. The highest BCUT2D eigenvalue weighted by Gasteiger charge is 2.32. The summed E-state index contributed by atoms with van der Waals surface area (Å²) in [5.41, 5.74) is 0.827. The van der Waals surface area contributed by atoms with Gasteiger partial charge in [-0.05, 0) is 36.4 Å². The summed E-state index contributed by atoms with van der Waals surface area (Å²) >= 11 is 0. The van der Waals surface area contributed by atoms with E-state index in [9.17, 15) is 8.42 Å². The Balaban J connectivity index is 1.95. The number of hydrogen-bond donors (Lipinski definition) is 0. The van der Waals surface area contributed by atoms with Crippen LogP contribution < -0.4 is 13.8 Å². The Labute approximate surface area is 222 Å². The highest BCUT2D eigenvalue weighted by atomic mass is 32.2. The van der Waals surface area contributed by atoms with Crippen LogP contribution in [0.1, 0.15) is 11.6 Å². The largest absolute Gasteiger partial charge is 0.494 e. The molecule has 3 aromatic heterocycles. The third-order valence-electron chi connectivity index (χ3n) is 5.66. The zero-order chi connectivity index (χ0) is 27.5. The van der Waals surface area contributed by atoms with Crippen LogP contribution in [0, 0.1) is 6.92 Å². The standard InChI is InChI=1S/C25H31N5O6SSi/c1-18-26-19(17-36-18)12-15-37(31,32)29(13-16-38(4,5)6)25-28-27-24(22-11-8-14-35-22)30(25)23-20(33-2)9-7-10-21(23)34-3/h7-12,14-15,17H,13,16H2,1-6H3/b15-12+. The summed E-state index contributed by atoms with van der Waals surface area (Å²) in [5.74, 6) is 2.07. The lowest BCUT2D eigenvalue weighted by Crippen LogP contribution is -2.36. The van der Waals surface area contributed by atoms with Crippen LogP contribution in [0.15, 0.2) is 57.1 Å². The van der Waals surface area contributed by atoms with Crippen molar-refractivity contribution in [3.05, 3.63) is 59.9 Å². The molecule has 0 aliphatic heterocycles. The van der Waals surface area contributed by atoms with Crippen LogP contribution >= 0.6 is 0 Å². The molecule has 0 N–H and O–H groups in total. The SMILES string of the molecule is COc1cccc(OC)c1-n1c(-c2ccco2)nnc1N(CC[Si](C)(C)C)S(=O)(=O)/C=C/c1coc(C)n1. The number of rotatable bonds is 11. The summed E-state index contributed by atoms with van der Waals surface area (Å²) in [6, 6.07) is 9.40. The van der Waals surface area contributed by atoms with E-state index in [0.29, 0.717) is 40.6 Å². The lowest BCUT2D eigenvalue weighted by molar-refractivity contribution is 0.391.